The first kappa shape index (κ1) is 11.7. The van der Waals surface area contributed by atoms with Crippen molar-refractivity contribution in [2.75, 3.05) is 5.43 Å². The van der Waals surface area contributed by atoms with Crippen LogP contribution in [0, 0.1) is 0 Å². The summed E-state index contributed by atoms with van der Waals surface area (Å²) in [7, 11) is 0. The van der Waals surface area contributed by atoms with Crippen LogP contribution in [-0.4, -0.2) is 20.7 Å². The van der Waals surface area contributed by atoms with Gasteiger partial charge in [0.2, 0.25) is 5.13 Å². The third-order valence-corrected chi connectivity index (χ3v) is 3.46. The molecule has 3 aromatic heterocycles. The van der Waals surface area contributed by atoms with Gasteiger partial charge in [0.15, 0.2) is 0 Å². The van der Waals surface area contributed by atoms with Gasteiger partial charge in [0.05, 0.1) is 21.6 Å². The van der Waals surface area contributed by atoms with E-state index in [2.05, 4.69) is 25.5 Å². The predicted octanol–water partition coefficient (Wildman–Crippen LogP) is 2.92. The van der Waals surface area contributed by atoms with Crippen LogP contribution in [0.2, 0.25) is 0 Å². The fourth-order valence-corrected chi connectivity index (χ4v) is 2.37. The molecule has 0 aliphatic carbocycles. The fraction of sp³-hybridized carbons (Fsp3) is 0.0769. The lowest BCUT2D eigenvalue weighted by molar-refractivity contribution is 1.24. The van der Waals surface area contributed by atoms with Crippen LogP contribution in [0.3, 0.4) is 0 Å². The van der Waals surface area contributed by atoms with Crippen molar-refractivity contribution >= 4 is 32.4 Å². The zero-order valence-corrected chi connectivity index (χ0v) is 11.1. The Morgan fingerprint density at radius 2 is 2.21 bits per heavy atom. The number of thiazole rings is 1. The molecule has 5 nitrogen and oxygen atoms in total. The first-order valence-electron chi connectivity index (χ1n) is 5.75. The normalized spacial score (nSPS) is 11.7. The summed E-state index contributed by atoms with van der Waals surface area (Å²) < 4.78 is 1.04. The summed E-state index contributed by atoms with van der Waals surface area (Å²) in [5.74, 6) is 0. The number of aromatic nitrogens is 3. The van der Waals surface area contributed by atoms with Gasteiger partial charge in [0.25, 0.3) is 0 Å². The molecule has 0 atom stereocenters. The van der Waals surface area contributed by atoms with E-state index in [-0.39, 0.29) is 0 Å². The average molecular weight is 269 g/mol. The Morgan fingerprint density at radius 1 is 1.26 bits per heavy atom. The molecule has 6 heteroatoms. The molecule has 0 amide bonds. The summed E-state index contributed by atoms with van der Waals surface area (Å²) in [5.41, 5.74) is 5.55. The largest absolute Gasteiger partial charge is 0.263 e. The second-order valence-electron chi connectivity index (χ2n) is 3.89. The second-order valence-corrected chi connectivity index (χ2v) is 4.92. The Kier molecular flexibility index (Phi) is 3.16. The SMILES string of the molecule is C/C(=N\Nc1nc2ccncc2s1)c1ccccn1. The lowest BCUT2D eigenvalue weighted by Gasteiger charge is -1.99. The molecule has 94 valence electrons. The quantitative estimate of drug-likeness (QED) is 0.586. The Morgan fingerprint density at radius 3 is 3.00 bits per heavy atom. The number of hydrogen-bond acceptors (Lipinski definition) is 6. The molecule has 0 radical (unpaired) electrons. The third-order valence-electron chi connectivity index (χ3n) is 2.55. The van der Waals surface area contributed by atoms with Crippen LogP contribution < -0.4 is 5.43 Å². The van der Waals surface area contributed by atoms with Gasteiger partial charge in [-0.3, -0.25) is 15.4 Å². The Hall–Kier alpha value is -2.34. The number of anilines is 1. The molecule has 19 heavy (non-hydrogen) atoms. The van der Waals surface area contributed by atoms with E-state index in [1.54, 1.807) is 18.6 Å². The monoisotopic (exact) mass is 269 g/mol. The van der Waals surface area contributed by atoms with E-state index >= 15 is 0 Å². The topological polar surface area (TPSA) is 63.1 Å². The van der Waals surface area contributed by atoms with Crippen LogP contribution in [0.25, 0.3) is 10.2 Å². The van der Waals surface area contributed by atoms with E-state index in [0.717, 1.165) is 26.8 Å². The lowest BCUT2D eigenvalue weighted by Crippen LogP contribution is -2.01. The Bertz CT molecular complexity index is 687. The molecule has 3 heterocycles. The van der Waals surface area contributed by atoms with E-state index in [4.69, 9.17) is 0 Å². The van der Waals surface area contributed by atoms with Crippen LogP contribution in [0.5, 0.6) is 0 Å². The number of nitrogens with one attached hydrogen (secondary N) is 1. The van der Waals surface area contributed by atoms with E-state index < -0.39 is 0 Å². The summed E-state index contributed by atoms with van der Waals surface area (Å²) in [5, 5.41) is 5.04. The summed E-state index contributed by atoms with van der Waals surface area (Å²) in [4.78, 5) is 12.7. The molecule has 0 spiro atoms. The molecule has 3 rings (SSSR count). The lowest BCUT2D eigenvalue weighted by atomic mass is 10.3. The van der Waals surface area contributed by atoms with Gasteiger partial charge >= 0.3 is 0 Å². The molecule has 0 aromatic carbocycles. The molecule has 1 N–H and O–H groups in total. The zero-order valence-electron chi connectivity index (χ0n) is 10.2. The van der Waals surface area contributed by atoms with E-state index in [1.165, 1.54) is 11.3 Å². The maximum absolute atomic E-state index is 4.42. The van der Waals surface area contributed by atoms with E-state index in [1.807, 2.05) is 31.2 Å². The van der Waals surface area contributed by atoms with E-state index in [9.17, 15) is 0 Å². The molecule has 3 aromatic rings. The van der Waals surface area contributed by atoms with Crippen molar-refractivity contribution in [1.29, 1.82) is 0 Å². The standard InChI is InChI=1S/C13H11N5S/c1-9(10-4-2-3-6-15-10)17-18-13-16-11-5-7-14-8-12(11)19-13/h2-8H,1H3,(H,16,18)/b17-9+. The molecule has 0 fully saturated rings. The number of hydrogen-bond donors (Lipinski definition) is 1. The molecule has 0 bridgehead atoms. The highest BCUT2D eigenvalue weighted by atomic mass is 32.1. The van der Waals surface area contributed by atoms with Crippen molar-refractivity contribution in [2.24, 2.45) is 5.10 Å². The van der Waals surface area contributed by atoms with Crippen molar-refractivity contribution < 1.29 is 0 Å². The van der Waals surface area contributed by atoms with Crippen LogP contribution in [0.1, 0.15) is 12.6 Å². The van der Waals surface area contributed by atoms with Gasteiger partial charge in [0.1, 0.15) is 0 Å². The van der Waals surface area contributed by atoms with Crippen LogP contribution in [0.4, 0.5) is 5.13 Å². The third kappa shape index (κ3) is 2.58. The zero-order chi connectivity index (χ0) is 13.1. The highest BCUT2D eigenvalue weighted by Gasteiger charge is 2.03. The summed E-state index contributed by atoms with van der Waals surface area (Å²) in [6.07, 6.45) is 5.28. The molecule has 0 saturated carbocycles. The van der Waals surface area contributed by atoms with Crippen molar-refractivity contribution in [3.05, 3.63) is 48.5 Å². The molecule has 0 aliphatic rings. The molecule has 0 aliphatic heterocycles. The van der Waals surface area contributed by atoms with Crippen LogP contribution in [0.15, 0.2) is 48.0 Å². The van der Waals surface area contributed by atoms with Gasteiger partial charge in [-0.05, 0) is 25.1 Å². The number of fused-ring (bicyclic) bond motifs is 1. The van der Waals surface area contributed by atoms with Gasteiger partial charge in [-0.1, -0.05) is 17.4 Å². The number of pyridine rings is 2. The van der Waals surface area contributed by atoms with E-state index in [0.29, 0.717) is 0 Å². The molecular formula is C13H11N5S. The van der Waals surface area contributed by atoms with Crippen molar-refractivity contribution in [2.45, 2.75) is 6.92 Å². The maximum Gasteiger partial charge on any atom is 0.204 e. The minimum absolute atomic E-state index is 0.748. The number of rotatable bonds is 3. The minimum Gasteiger partial charge on any atom is -0.263 e. The van der Waals surface area contributed by atoms with Gasteiger partial charge in [-0.25, -0.2) is 4.98 Å². The predicted molar refractivity (Wildman–Crippen MR) is 77.5 cm³/mol. The first-order chi connectivity index (χ1) is 9.33. The Balaban J connectivity index is 1.82. The summed E-state index contributed by atoms with van der Waals surface area (Å²) in [6, 6.07) is 7.62. The van der Waals surface area contributed by atoms with Gasteiger partial charge in [-0.15, -0.1) is 0 Å². The van der Waals surface area contributed by atoms with Crippen molar-refractivity contribution in [3.8, 4) is 0 Å². The van der Waals surface area contributed by atoms with Crippen LogP contribution >= 0.6 is 11.3 Å². The van der Waals surface area contributed by atoms with Gasteiger partial charge < -0.3 is 0 Å². The number of hydrazone groups is 1. The number of nitrogens with zero attached hydrogens (tertiary/aromatic N) is 4. The summed E-state index contributed by atoms with van der Waals surface area (Å²) in [6.45, 7) is 1.91. The van der Waals surface area contributed by atoms with Crippen molar-refractivity contribution in [1.82, 2.24) is 15.0 Å². The maximum atomic E-state index is 4.42. The average Bonchev–Trinajstić information content (AvgIpc) is 2.88. The second kappa shape index (κ2) is 5.11. The minimum atomic E-state index is 0.748. The fourth-order valence-electron chi connectivity index (χ4n) is 1.59. The van der Waals surface area contributed by atoms with Gasteiger partial charge in [-0.2, -0.15) is 5.10 Å². The van der Waals surface area contributed by atoms with Crippen LogP contribution in [-0.2, 0) is 0 Å². The summed E-state index contributed by atoms with van der Waals surface area (Å²) >= 11 is 1.52. The highest BCUT2D eigenvalue weighted by molar-refractivity contribution is 7.22. The first-order valence-corrected chi connectivity index (χ1v) is 6.57. The Labute approximate surface area is 114 Å². The molecule has 0 saturated heterocycles. The van der Waals surface area contributed by atoms with Gasteiger partial charge in [0, 0.05) is 18.6 Å². The smallest absolute Gasteiger partial charge is 0.204 e. The highest BCUT2D eigenvalue weighted by Crippen LogP contribution is 2.24. The van der Waals surface area contributed by atoms with Crippen molar-refractivity contribution in [3.63, 3.8) is 0 Å². The molecule has 0 unspecified atom stereocenters. The molecular weight excluding hydrogens is 258 g/mol.